The number of carbonyl (C=O) groups is 10. The molecule has 0 radical (unpaired) electrons. The molecule has 2 saturated heterocycles. The fraction of sp³-hybridized carbons (Fsp3) is 0.603. The maximum atomic E-state index is 15.0. The lowest BCUT2D eigenvalue weighted by Gasteiger charge is -2.37. The number of thioether (sulfide) groups is 1. The van der Waals surface area contributed by atoms with E-state index in [-0.39, 0.29) is 130 Å². The maximum Gasteiger partial charge on any atom is 0.303 e. The van der Waals surface area contributed by atoms with Gasteiger partial charge >= 0.3 is 5.97 Å². The van der Waals surface area contributed by atoms with Crippen molar-refractivity contribution in [2.45, 2.75) is 153 Å². The van der Waals surface area contributed by atoms with Gasteiger partial charge in [0.2, 0.25) is 23.6 Å². The molecule has 1 unspecified atom stereocenters. The van der Waals surface area contributed by atoms with E-state index in [4.69, 9.17) is 15.5 Å². The van der Waals surface area contributed by atoms with Crippen LogP contribution in [0.1, 0.15) is 139 Å². The van der Waals surface area contributed by atoms with Gasteiger partial charge < -0.3 is 35.4 Å². The molecular formula is C63H89N9O11S3. The second-order valence-corrected chi connectivity index (χ2v) is 26.5. The molecule has 23 heteroatoms. The zero-order chi connectivity index (χ0) is 62.6. The Bertz CT molecular complexity index is 2800. The summed E-state index contributed by atoms with van der Waals surface area (Å²) >= 11 is 4.03. The molecule has 0 aliphatic carbocycles. The third-order valence-corrected chi connectivity index (χ3v) is 20.1. The Morgan fingerprint density at radius 2 is 1.56 bits per heavy atom. The van der Waals surface area contributed by atoms with E-state index in [1.807, 2.05) is 82.6 Å². The largest absolute Gasteiger partial charge is 0.455 e. The highest BCUT2D eigenvalue weighted by atomic mass is 32.2. The van der Waals surface area contributed by atoms with E-state index in [0.717, 1.165) is 51.8 Å². The standard InChI is InChI=1S/C63H89N9O11S3/c1-9-42(4)46(37-53(75)49-22-14-16-28-67(49)6)61(80)68(7)50(41(2)3)38-54(83-43(5)73)60-66-48(39-86-60)62(81)69(8)51(40-85-58-24-18-34-84-58)52(74)36-45(21-13-15-27-64)59(79)65-47(35-44-19-11-10-12-20-44)63(82)71-32-30-70(31-33-71)55(76)23-17-29-72-56(77)25-26-57(72)78/h10-12,18-20,24-26,34,39,41-42,45-47,49-51,54H,9,13-17,21-23,27-33,35-38,40,64H2,1-8H3,(H,65,79)/t42-,45-,46?,47-,49+,50+,51-,54+/m0/s1. The fourth-order valence-corrected chi connectivity index (χ4v) is 14.4. The van der Waals surface area contributed by atoms with Crippen molar-refractivity contribution in [3.05, 3.63) is 81.6 Å². The Hall–Kier alpha value is -6.14. The number of benzene rings is 1. The highest BCUT2D eigenvalue weighted by Crippen LogP contribution is 2.34. The number of hydrogen-bond donors (Lipinski definition) is 2. The second kappa shape index (κ2) is 33.8. The van der Waals surface area contributed by atoms with Crippen LogP contribution in [0.25, 0.3) is 0 Å². The van der Waals surface area contributed by atoms with Crippen LogP contribution in [0.2, 0.25) is 0 Å². The molecule has 1 aromatic carbocycles. The summed E-state index contributed by atoms with van der Waals surface area (Å²) in [6.07, 6.45) is 6.96. The van der Waals surface area contributed by atoms with Crippen molar-refractivity contribution in [1.29, 1.82) is 0 Å². The van der Waals surface area contributed by atoms with E-state index in [0.29, 0.717) is 37.2 Å². The van der Waals surface area contributed by atoms with E-state index in [2.05, 4.69) is 10.2 Å². The van der Waals surface area contributed by atoms with Gasteiger partial charge in [0.25, 0.3) is 17.7 Å². The highest BCUT2D eigenvalue weighted by Gasteiger charge is 2.40. The minimum Gasteiger partial charge on any atom is -0.455 e. The minimum atomic E-state index is -1.04. The molecule has 5 heterocycles. The van der Waals surface area contributed by atoms with Crippen molar-refractivity contribution >= 4 is 93.3 Å². The summed E-state index contributed by atoms with van der Waals surface area (Å²) in [5.41, 5.74) is 6.75. The van der Waals surface area contributed by atoms with Gasteiger partial charge in [-0.1, -0.05) is 83.4 Å². The molecule has 20 nitrogen and oxygen atoms in total. The number of thiazole rings is 1. The van der Waals surface area contributed by atoms with Crippen LogP contribution in [0.4, 0.5) is 0 Å². The Balaban J connectivity index is 1.17. The molecule has 2 fully saturated rings. The number of thiophene rings is 1. The van der Waals surface area contributed by atoms with E-state index in [1.165, 1.54) is 54.1 Å². The first-order valence-corrected chi connectivity index (χ1v) is 33.1. The number of piperazine rings is 1. The molecular weight excluding hydrogens is 1150 g/mol. The van der Waals surface area contributed by atoms with Gasteiger partial charge in [0, 0.05) is 127 Å². The molecule has 2 aromatic heterocycles. The SMILES string of the molecule is CC[C@H](C)C(CC(=O)[C@H]1CCCCN1C)C(=O)N(C)[C@H](C[C@@H](OC(C)=O)c1nc(C(=O)N(C)[C@@H](CSc2cccs2)C(=O)C[C@H](CCCCN)C(=O)N[C@@H](Cc2ccccc2)C(=O)N2CCN(C(=O)CCCN3C(=O)C=CC3=O)CC2)cs1)C(C)C. The van der Waals surface area contributed by atoms with Crippen molar-refractivity contribution in [2.24, 2.45) is 29.4 Å². The number of ether oxygens (including phenoxy) is 1. The number of likely N-dealkylation sites (N-methyl/N-ethyl adjacent to an activating group) is 2. The fourth-order valence-electron chi connectivity index (χ4n) is 11.5. The predicted octanol–water partition coefficient (Wildman–Crippen LogP) is 6.83. The number of ketones is 2. The summed E-state index contributed by atoms with van der Waals surface area (Å²) in [5.74, 6) is -4.86. The van der Waals surface area contributed by atoms with E-state index >= 15 is 0 Å². The Morgan fingerprint density at radius 3 is 2.19 bits per heavy atom. The van der Waals surface area contributed by atoms with Crippen LogP contribution in [-0.2, 0) is 54.3 Å². The van der Waals surface area contributed by atoms with Crippen LogP contribution in [0.15, 0.2) is 69.6 Å². The Labute approximate surface area is 519 Å². The number of nitrogens with one attached hydrogen (secondary N) is 1. The van der Waals surface area contributed by atoms with E-state index in [1.54, 1.807) is 27.1 Å². The van der Waals surface area contributed by atoms with Crippen molar-refractivity contribution in [3.63, 3.8) is 0 Å². The minimum absolute atomic E-state index is 0.0208. The molecule has 8 atom stereocenters. The topological polar surface area (TPSA) is 250 Å². The molecule has 7 amide bonds. The van der Waals surface area contributed by atoms with Gasteiger partial charge in [-0.15, -0.1) is 34.4 Å². The zero-order valence-electron chi connectivity index (χ0n) is 51.3. The lowest BCUT2D eigenvalue weighted by molar-refractivity contribution is -0.149. The number of nitrogens with two attached hydrogens (primary N) is 1. The van der Waals surface area contributed by atoms with Crippen LogP contribution in [0, 0.1) is 23.7 Å². The van der Waals surface area contributed by atoms with Crippen LogP contribution >= 0.6 is 34.4 Å². The number of nitrogens with zero attached hydrogens (tertiary/aromatic N) is 7. The molecule has 86 heavy (non-hydrogen) atoms. The van der Waals surface area contributed by atoms with E-state index in [9.17, 15) is 47.9 Å². The van der Waals surface area contributed by atoms with Crippen molar-refractivity contribution < 1.29 is 52.7 Å². The smallest absolute Gasteiger partial charge is 0.303 e. The number of likely N-dealkylation sites (tertiary alicyclic amines) is 1. The maximum absolute atomic E-state index is 15.0. The summed E-state index contributed by atoms with van der Waals surface area (Å²) in [5, 5.41) is 6.85. The van der Waals surface area contributed by atoms with Crippen LogP contribution < -0.4 is 11.1 Å². The molecule has 3 N–H and O–H groups in total. The number of rotatable bonds is 33. The molecule has 3 aliphatic heterocycles. The first-order valence-electron chi connectivity index (χ1n) is 30.3. The van der Waals surface area contributed by atoms with Gasteiger partial charge in [-0.05, 0) is 81.1 Å². The molecule has 470 valence electrons. The number of aromatic nitrogens is 1. The number of amides is 7. The zero-order valence-corrected chi connectivity index (χ0v) is 53.8. The quantitative estimate of drug-likeness (QED) is 0.0275. The molecule has 0 bridgehead atoms. The summed E-state index contributed by atoms with van der Waals surface area (Å²) < 4.78 is 6.86. The molecule has 6 rings (SSSR count). The average Bonchev–Trinajstić information content (AvgIpc) is 4.11. The third kappa shape index (κ3) is 19.4. The van der Waals surface area contributed by atoms with Crippen LogP contribution in [0.5, 0.6) is 0 Å². The Kier molecular flexibility index (Phi) is 27.1. The molecule has 0 saturated carbocycles. The molecule has 3 aromatic rings. The third-order valence-electron chi connectivity index (χ3n) is 17.0. The van der Waals surface area contributed by atoms with Crippen molar-refractivity contribution in [3.8, 4) is 0 Å². The Morgan fingerprint density at radius 1 is 0.860 bits per heavy atom. The average molecular weight is 1240 g/mol. The van der Waals surface area contributed by atoms with Gasteiger partial charge in [-0.2, -0.15) is 0 Å². The first kappa shape index (κ1) is 69.0. The van der Waals surface area contributed by atoms with Gasteiger partial charge in [0.05, 0.1) is 16.3 Å². The van der Waals surface area contributed by atoms with Crippen molar-refractivity contribution in [1.82, 2.24) is 39.7 Å². The number of carbonyl (C=O) groups excluding carboxylic acids is 10. The second-order valence-electron chi connectivity index (χ2n) is 23.4. The monoisotopic (exact) mass is 1240 g/mol. The van der Waals surface area contributed by atoms with Gasteiger partial charge in [-0.25, -0.2) is 4.98 Å². The first-order chi connectivity index (χ1) is 41.1. The van der Waals surface area contributed by atoms with Crippen LogP contribution in [-0.4, -0.2) is 190 Å². The van der Waals surface area contributed by atoms with Gasteiger partial charge in [-0.3, -0.25) is 57.7 Å². The summed E-state index contributed by atoms with van der Waals surface area (Å²) in [6.45, 7) is 11.5. The normalized spacial score (nSPS) is 18.0. The number of piperidine rings is 1. The lowest BCUT2D eigenvalue weighted by atomic mass is 9.83. The number of unbranched alkanes of at least 4 members (excludes halogenated alkanes) is 1. The summed E-state index contributed by atoms with van der Waals surface area (Å²) in [7, 11) is 5.24. The van der Waals surface area contributed by atoms with E-state index < -0.39 is 65.7 Å². The summed E-state index contributed by atoms with van der Waals surface area (Å²) in [6, 6.07) is 10.4. The number of Topliss-reactive ketones (excluding diaryl/α,β-unsaturated/α-hetero) is 2. The highest BCUT2D eigenvalue weighted by molar-refractivity contribution is 8.01. The van der Waals surface area contributed by atoms with Gasteiger partial charge in [0.15, 0.2) is 17.7 Å². The van der Waals surface area contributed by atoms with Gasteiger partial charge in [0.1, 0.15) is 16.7 Å². The number of imide groups is 1. The lowest BCUT2D eigenvalue weighted by Crippen LogP contribution is -2.57. The molecule has 0 spiro atoms. The van der Waals surface area contributed by atoms with Crippen LogP contribution in [0.3, 0.4) is 0 Å². The van der Waals surface area contributed by atoms with Crippen molar-refractivity contribution in [2.75, 3.05) is 72.7 Å². The predicted molar refractivity (Wildman–Crippen MR) is 333 cm³/mol. The summed E-state index contributed by atoms with van der Waals surface area (Å²) in [4.78, 5) is 152. The number of hydrogen-bond acceptors (Lipinski definition) is 17. The number of esters is 1. The molecule has 3 aliphatic rings.